The van der Waals surface area contributed by atoms with Gasteiger partial charge in [-0.1, -0.05) is 31.7 Å². The molecule has 6 nitrogen and oxygen atoms in total. The van der Waals surface area contributed by atoms with Crippen LogP contribution in [-0.2, 0) is 10.0 Å². The normalized spacial score (nSPS) is 20.7. The Hall–Kier alpha value is -1.44. The van der Waals surface area contributed by atoms with E-state index in [-0.39, 0.29) is 22.4 Å². The van der Waals surface area contributed by atoms with Crippen molar-refractivity contribution in [3.8, 4) is 0 Å². The van der Waals surface area contributed by atoms with Crippen molar-refractivity contribution in [1.82, 2.24) is 10.0 Å². The molecule has 0 unspecified atom stereocenters. The predicted octanol–water partition coefficient (Wildman–Crippen LogP) is 1.91. The Labute approximate surface area is 149 Å². The molecular formula is C18H27N3O3S. The molecule has 7 heteroatoms. The molecule has 0 radical (unpaired) electrons. The monoisotopic (exact) mass is 365 g/mol. The summed E-state index contributed by atoms with van der Waals surface area (Å²) in [6.45, 7) is 0.403. The van der Waals surface area contributed by atoms with Crippen LogP contribution in [0.4, 0.5) is 0 Å². The lowest BCUT2D eigenvalue weighted by Crippen LogP contribution is -2.51. The van der Waals surface area contributed by atoms with Crippen molar-refractivity contribution in [2.75, 3.05) is 6.54 Å². The molecule has 3 rings (SSSR count). The van der Waals surface area contributed by atoms with Gasteiger partial charge in [0.2, 0.25) is 10.0 Å². The lowest BCUT2D eigenvalue weighted by atomic mass is 9.97. The van der Waals surface area contributed by atoms with Crippen molar-refractivity contribution in [3.63, 3.8) is 0 Å². The molecule has 0 atom stereocenters. The number of carbonyl (C=O) groups is 1. The van der Waals surface area contributed by atoms with Crippen LogP contribution in [0.1, 0.15) is 61.7 Å². The van der Waals surface area contributed by atoms with Crippen LogP contribution in [0.3, 0.4) is 0 Å². The molecule has 2 fully saturated rings. The Morgan fingerprint density at radius 3 is 2.48 bits per heavy atom. The van der Waals surface area contributed by atoms with E-state index in [0.29, 0.717) is 12.1 Å². The van der Waals surface area contributed by atoms with Crippen LogP contribution < -0.4 is 15.8 Å². The Kier molecular flexibility index (Phi) is 5.46. The van der Waals surface area contributed by atoms with E-state index in [1.807, 2.05) is 0 Å². The van der Waals surface area contributed by atoms with Gasteiger partial charge in [-0.15, -0.1) is 0 Å². The van der Waals surface area contributed by atoms with E-state index in [1.165, 1.54) is 12.1 Å². The summed E-state index contributed by atoms with van der Waals surface area (Å²) >= 11 is 0. The van der Waals surface area contributed by atoms with Gasteiger partial charge in [-0.2, -0.15) is 0 Å². The second-order valence-electron chi connectivity index (χ2n) is 7.28. The number of benzene rings is 1. The summed E-state index contributed by atoms with van der Waals surface area (Å²) in [5, 5.41) is 3.03. The van der Waals surface area contributed by atoms with Gasteiger partial charge in [-0.05, 0) is 43.9 Å². The highest BCUT2D eigenvalue weighted by Gasteiger charge is 2.34. The van der Waals surface area contributed by atoms with Crippen LogP contribution in [0.5, 0.6) is 0 Å². The molecule has 2 saturated carbocycles. The zero-order valence-corrected chi connectivity index (χ0v) is 15.3. The number of carbonyl (C=O) groups excluding carboxylic acids is 1. The van der Waals surface area contributed by atoms with Gasteiger partial charge in [0.05, 0.1) is 10.4 Å². The number of hydrogen-bond acceptors (Lipinski definition) is 4. The fourth-order valence-electron chi connectivity index (χ4n) is 3.88. The van der Waals surface area contributed by atoms with Crippen LogP contribution in [0, 0.1) is 0 Å². The molecule has 1 aromatic rings. The lowest BCUT2D eigenvalue weighted by Gasteiger charge is -2.28. The number of nitrogens with one attached hydrogen (secondary N) is 2. The highest BCUT2D eigenvalue weighted by molar-refractivity contribution is 7.89. The molecule has 0 aliphatic heterocycles. The van der Waals surface area contributed by atoms with E-state index < -0.39 is 10.0 Å². The minimum absolute atomic E-state index is 0.00137. The molecular weight excluding hydrogens is 338 g/mol. The second-order valence-corrected chi connectivity index (χ2v) is 8.99. The smallest absolute Gasteiger partial charge is 0.251 e. The van der Waals surface area contributed by atoms with Crippen molar-refractivity contribution in [1.29, 1.82) is 0 Å². The Balaban J connectivity index is 1.75. The summed E-state index contributed by atoms with van der Waals surface area (Å²) in [5.41, 5.74) is 5.87. The highest BCUT2D eigenvalue weighted by Crippen LogP contribution is 2.29. The number of amides is 1. The molecule has 138 valence electrons. The third-order valence-electron chi connectivity index (χ3n) is 5.41. The first-order valence-electron chi connectivity index (χ1n) is 9.09. The number of sulfonamides is 1. The molecule has 2 aliphatic carbocycles. The zero-order valence-electron chi connectivity index (χ0n) is 14.5. The van der Waals surface area contributed by atoms with Crippen molar-refractivity contribution >= 4 is 15.9 Å². The second kappa shape index (κ2) is 7.43. The Bertz CT molecular complexity index is 721. The first-order chi connectivity index (χ1) is 11.9. The summed E-state index contributed by atoms with van der Waals surface area (Å²) in [7, 11) is -3.60. The van der Waals surface area contributed by atoms with Crippen molar-refractivity contribution in [3.05, 3.63) is 29.8 Å². The molecule has 4 N–H and O–H groups in total. The average Bonchev–Trinajstić information content (AvgIpc) is 3.27. The van der Waals surface area contributed by atoms with Gasteiger partial charge in [0.25, 0.3) is 5.91 Å². The zero-order chi connectivity index (χ0) is 17.9. The first kappa shape index (κ1) is 18.4. The molecule has 25 heavy (non-hydrogen) atoms. The van der Waals surface area contributed by atoms with Gasteiger partial charge < -0.3 is 11.1 Å². The third kappa shape index (κ3) is 4.22. The first-order valence-corrected chi connectivity index (χ1v) is 10.6. The summed E-state index contributed by atoms with van der Waals surface area (Å²) < 4.78 is 27.9. The largest absolute Gasteiger partial charge is 0.345 e. The molecule has 2 aliphatic rings. The molecule has 1 aromatic carbocycles. The molecule has 0 heterocycles. The molecule has 1 amide bonds. The van der Waals surface area contributed by atoms with E-state index in [2.05, 4.69) is 10.0 Å². The van der Waals surface area contributed by atoms with Crippen molar-refractivity contribution < 1.29 is 13.2 Å². The summed E-state index contributed by atoms with van der Waals surface area (Å²) in [5.74, 6) is -0.259. The van der Waals surface area contributed by atoms with Crippen LogP contribution in [-0.4, -0.2) is 32.5 Å². The number of rotatable bonds is 6. The molecule has 0 aromatic heterocycles. The van der Waals surface area contributed by atoms with Crippen molar-refractivity contribution in [2.24, 2.45) is 5.73 Å². The van der Waals surface area contributed by atoms with Gasteiger partial charge in [-0.3, -0.25) is 4.79 Å². The maximum Gasteiger partial charge on any atom is 0.251 e. The van der Waals surface area contributed by atoms with Crippen LogP contribution in [0.25, 0.3) is 0 Å². The summed E-state index contributed by atoms with van der Waals surface area (Å²) in [6.07, 6.45) is 7.70. The van der Waals surface area contributed by atoms with Crippen molar-refractivity contribution in [2.45, 2.75) is 67.8 Å². The maximum atomic E-state index is 12.6. The quantitative estimate of drug-likeness (QED) is 0.717. The van der Waals surface area contributed by atoms with E-state index in [1.54, 1.807) is 12.1 Å². The molecule has 0 spiro atoms. The van der Waals surface area contributed by atoms with Crippen LogP contribution >= 0.6 is 0 Å². The van der Waals surface area contributed by atoms with E-state index in [4.69, 9.17) is 5.73 Å². The number of nitrogens with two attached hydrogens (primary N) is 1. The Morgan fingerprint density at radius 2 is 1.84 bits per heavy atom. The Morgan fingerprint density at radius 1 is 1.16 bits per heavy atom. The minimum Gasteiger partial charge on any atom is -0.345 e. The van der Waals surface area contributed by atoms with Crippen LogP contribution in [0.2, 0.25) is 0 Å². The average molecular weight is 365 g/mol. The van der Waals surface area contributed by atoms with Gasteiger partial charge in [-0.25, -0.2) is 13.1 Å². The topological polar surface area (TPSA) is 101 Å². The van der Waals surface area contributed by atoms with Gasteiger partial charge >= 0.3 is 0 Å². The number of hydrogen-bond donors (Lipinski definition) is 3. The third-order valence-corrected chi connectivity index (χ3v) is 6.93. The van der Waals surface area contributed by atoms with E-state index in [9.17, 15) is 13.2 Å². The van der Waals surface area contributed by atoms with E-state index >= 15 is 0 Å². The minimum atomic E-state index is -3.60. The van der Waals surface area contributed by atoms with E-state index in [0.717, 1.165) is 51.4 Å². The lowest BCUT2D eigenvalue weighted by molar-refractivity contribution is 0.0903. The van der Waals surface area contributed by atoms with Gasteiger partial charge in [0, 0.05) is 18.2 Å². The SMILES string of the molecule is NCC1(NC(=O)c2cccc(S(=O)(=O)NC3CCCC3)c2)CCCC1. The fraction of sp³-hybridized carbons (Fsp3) is 0.611. The highest BCUT2D eigenvalue weighted by atomic mass is 32.2. The fourth-order valence-corrected chi connectivity index (χ4v) is 5.23. The standard InChI is InChI=1S/C18H27N3O3S/c19-13-18(10-3-4-11-18)20-17(22)14-6-5-9-16(12-14)25(23,24)21-15-7-1-2-8-15/h5-6,9,12,15,21H,1-4,7-8,10-11,13,19H2,(H,20,22). The van der Waals surface area contributed by atoms with Gasteiger partial charge in [0.15, 0.2) is 0 Å². The maximum absolute atomic E-state index is 12.6. The van der Waals surface area contributed by atoms with Crippen LogP contribution in [0.15, 0.2) is 29.2 Å². The summed E-state index contributed by atoms with van der Waals surface area (Å²) in [4.78, 5) is 12.7. The molecule has 0 saturated heterocycles. The molecule has 0 bridgehead atoms. The van der Waals surface area contributed by atoms with Gasteiger partial charge in [0.1, 0.15) is 0 Å². The predicted molar refractivity (Wildman–Crippen MR) is 96.7 cm³/mol. The summed E-state index contributed by atoms with van der Waals surface area (Å²) in [6, 6.07) is 6.24.